The van der Waals surface area contributed by atoms with Gasteiger partial charge in [0.25, 0.3) is 11.8 Å². The van der Waals surface area contributed by atoms with Crippen molar-refractivity contribution >= 4 is 35.7 Å². The zero-order valence-electron chi connectivity index (χ0n) is 13.6. The number of nitrogens with zero attached hydrogens (tertiary/aromatic N) is 1. The van der Waals surface area contributed by atoms with Crippen LogP contribution in [0.2, 0.25) is 0 Å². The fourth-order valence-corrected chi connectivity index (χ4v) is 3.62. The van der Waals surface area contributed by atoms with E-state index in [0.717, 1.165) is 42.6 Å². The summed E-state index contributed by atoms with van der Waals surface area (Å²) in [6.45, 7) is 0. The van der Waals surface area contributed by atoms with Gasteiger partial charge >= 0.3 is 6.03 Å². The minimum atomic E-state index is -0.619. The summed E-state index contributed by atoms with van der Waals surface area (Å²) < 4.78 is 0. The van der Waals surface area contributed by atoms with Gasteiger partial charge in [0.15, 0.2) is 0 Å². The Morgan fingerprint density at radius 1 is 1.08 bits per heavy atom. The van der Waals surface area contributed by atoms with Gasteiger partial charge in [0.05, 0.1) is 0 Å². The van der Waals surface area contributed by atoms with E-state index in [4.69, 9.17) is 0 Å². The van der Waals surface area contributed by atoms with Crippen molar-refractivity contribution in [2.75, 3.05) is 6.26 Å². The number of hydrogen-bond acceptors (Lipinski definition) is 4. The van der Waals surface area contributed by atoms with Crippen LogP contribution < -0.4 is 5.32 Å². The molecule has 4 amide bonds. The van der Waals surface area contributed by atoms with Crippen LogP contribution in [0.1, 0.15) is 37.7 Å². The third-order valence-corrected chi connectivity index (χ3v) is 5.24. The number of barbiturate groups is 1. The molecule has 2 aliphatic rings. The third kappa shape index (κ3) is 3.38. The van der Waals surface area contributed by atoms with Crippen molar-refractivity contribution in [1.82, 2.24) is 10.2 Å². The quantitative estimate of drug-likeness (QED) is 0.519. The summed E-state index contributed by atoms with van der Waals surface area (Å²) in [5.41, 5.74) is 0.793. The molecule has 24 heavy (non-hydrogen) atoms. The van der Waals surface area contributed by atoms with Gasteiger partial charge in [-0.05, 0) is 42.9 Å². The highest BCUT2D eigenvalue weighted by Gasteiger charge is 2.40. The molecule has 0 bridgehead atoms. The van der Waals surface area contributed by atoms with Gasteiger partial charge in [-0.2, -0.15) is 0 Å². The first kappa shape index (κ1) is 16.8. The first-order chi connectivity index (χ1) is 11.6. The highest BCUT2D eigenvalue weighted by atomic mass is 32.2. The van der Waals surface area contributed by atoms with Gasteiger partial charge in [0.2, 0.25) is 0 Å². The predicted octanol–water partition coefficient (Wildman–Crippen LogP) is 3.20. The third-order valence-electron chi connectivity index (χ3n) is 4.50. The number of carbonyl (C=O) groups excluding carboxylic acids is 3. The molecule has 126 valence electrons. The summed E-state index contributed by atoms with van der Waals surface area (Å²) in [5.74, 6) is -1.10. The summed E-state index contributed by atoms with van der Waals surface area (Å²) in [4.78, 5) is 39.3. The number of nitrogens with one attached hydrogen (secondary N) is 1. The molecule has 0 unspecified atom stereocenters. The van der Waals surface area contributed by atoms with Gasteiger partial charge in [-0.25, -0.2) is 4.79 Å². The maximum atomic E-state index is 12.7. The second kappa shape index (κ2) is 7.21. The van der Waals surface area contributed by atoms with Crippen LogP contribution in [0.4, 0.5) is 4.79 Å². The van der Waals surface area contributed by atoms with Gasteiger partial charge in [-0.15, -0.1) is 11.8 Å². The van der Waals surface area contributed by atoms with E-state index in [9.17, 15) is 14.4 Å². The van der Waals surface area contributed by atoms with E-state index < -0.39 is 17.8 Å². The smallest absolute Gasteiger partial charge is 0.273 e. The Labute approximate surface area is 145 Å². The molecule has 0 radical (unpaired) electrons. The Balaban J connectivity index is 1.87. The van der Waals surface area contributed by atoms with Crippen LogP contribution in [0.5, 0.6) is 0 Å². The van der Waals surface area contributed by atoms with Gasteiger partial charge in [-0.3, -0.25) is 19.8 Å². The molecule has 0 spiro atoms. The summed E-state index contributed by atoms with van der Waals surface area (Å²) in [6, 6.07) is 6.90. The van der Waals surface area contributed by atoms with E-state index in [1.54, 1.807) is 17.8 Å². The average Bonchev–Trinajstić information content (AvgIpc) is 2.60. The number of imide groups is 2. The first-order valence-corrected chi connectivity index (χ1v) is 9.37. The average molecular weight is 344 g/mol. The van der Waals surface area contributed by atoms with E-state index in [2.05, 4.69) is 5.32 Å². The lowest BCUT2D eigenvalue weighted by Gasteiger charge is -2.35. The number of rotatable bonds is 3. The molecule has 2 fully saturated rings. The van der Waals surface area contributed by atoms with Crippen molar-refractivity contribution in [2.24, 2.45) is 0 Å². The number of urea groups is 1. The lowest BCUT2D eigenvalue weighted by molar-refractivity contribution is -0.132. The van der Waals surface area contributed by atoms with Crippen LogP contribution in [0.25, 0.3) is 6.08 Å². The minimum Gasteiger partial charge on any atom is -0.273 e. The number of hydrogen-bond donors (Lipinski definition) is 1. The Morgan fingerprint density at radius 3 is 2.38 bits per heavy atom. The fraction of sp³-hybridized carbons (Fsp3) is 0.389. The fourth-order valence-electron chi connectivity index (χ4n) is 3.21. The summed E-state index contributed by atoms with van der Waals surface area (Å²) in [5, 5.41) is 2.30. The molecule has 3 rings (SSSR count). The molecular formula is C18H20N2O3S. The van der Waals surface area contributed by atoms with Crippen LogP contribution in [0, 0.1) is 0 Å². The van der Waals surface area contributed by atoms with Crippen molar-refractivity contribution in [2.45, 2.75) is 43.0 Å². The molecule has 6 heteroatoms. The predicted molar refractivity (Wildman–Crippen MR) is 93.5 cm³/mol. The standard InChI is InChI=1S/C18H20N2O3S/c1-24-14-9-7-12(8-10-14)11-15-16(21)19-18(23)20(17(15)22)13-5-3-2-4-6-13/h7-11,13H,2-6H2,1H3,(H,19,21,23). The summed E-state index contributed by atoms with van der Waals surface area (Å²) in [7, 11) is 0. The van der Waals surface area contributed by atoms with Crippen LogP contribution in [0.15, 0.2) is 34.7 Å². The maximum absolute atomic E-state index is 12.7. The molecule has 1 aliphatic carbocycles. The largest absolute Gasteiger partial charge is 0.331 e. The van der Waals surface area contributed by atoms with E-state index in [1.165, 1.54) is 4.90 Å². The second-order valence-corrected chi connectivity index (χ2v) is 6.94. The maximum Gasteiger partial charge on any atom is 0.331 e. The van der Waals surface area contributed by atoms with Gasteiger partial charge in [0.1, 0.15) is 5.57 Å². The molecule has 0 aromatic heterocycles. The topological polar surface area (TPSA) is 66.5 Å². The number of benzene rings is 1. The van der Waals surface area contributed by atoms with Gasteiger partial charge in [-0.1, -0.05) is 31.4 Å². The lowest BCUT2D eigenvalue weighted by atomic mass is 9.93. The SMILES string of the molecule is CSc1ccc(C=C2C(=O)NC(=O)N(C3CCCCC3)C2=O)cc1. The number of carbonyl (C=O) groups is 3. The normalized spacial score (nSPS) is 21.3. The van der Waals surface area contributed by atoms with E-state index >= 15 is 0 Å². The van der Waals surface area contributed by atoms with Crippen molar-refractivity contribution in [3.63, 3.8) is 0 Å². The zero-order chi connectivity index (χ0) is 17.1. The van der Waals surface area contributed by atoms with Crippen LogP contribution in [0.3, 0.4) is 0 Å². The number of amides is 4. The summed E-state index contributed by atoms with van der Waals surface area (Å²) in [6.07, 6.45) is 8.30. The first-order valence-electron chi connectivity index (χ1n) is 8.15. The highest BCUT2D eigenvalue weighted by Crippen LogP contribution is 2.26. The molecule has 1 aromatic rings. The second-order valence-electron chi connectivity index (χ2n) is 6.06. The lowest BCUT2D eigenvalue weighted by Crippen LogP contribution is -2.58. The molecule has 1 heterocycles. The van der Waals surface area contributed by atoms with Crippen molar-refractivity contribution < 1.29 is 14.4 Å². The van der Waals surface area contributed by atoms with Crippen LogP contribution >= 0.6 is 11.8 Å². The van der Waals surface area contributed by atoms with Gasteiger partial charge in [0, 0.05) is 10.9 Å². The Bertz CT molecular complexity index is 691. The Kier molecular flexibility index (Phi) is 5.04. The minimum absolute atomic E-state index is 0.0251. The zero-order valence-corrected chi connectivity index (χ0v) is 14.4. The Hall–Kier alpha value is -2.08. The molecule has 1 aliphatic heterocycles. The van der Waals surface area contributed by atoms with E-state index in [1.807, 2.05) is 30.5 Å². The molecule has 1 saturated carbocycles. The van der Waals surface area contributed by atoms with Crippen LogP contribution in [-0.2, 0) is 9.59 Å². The van der Waals surface area contributed by atoms with E-state index in [-0.39, 0.29) is 11.6 Å². The molecular weight excluding hydrogens is 324 g/mol. The summed E-state index contributed by atoms with van der Waals surface area (Å²) >= 11 is 1.62. The molecule has 1 saturated heterocycles. The Morgan fingerprint density at radius 2 is 1.75 bits per heavy atom. The molecule has 0 atom stereocenters. The highest BCUT2D eigenvalue weighted by molar-refractivity contribution is 7.98. The monoisotopic (exact) mass is 344 g/mol. The van der Waals surface area contributed by atoms with Gasteiger partial charge < -0.3 is 0 Å². The van der Waals surface area contributed by atoms with Crippen LogP contribution in [-0.4, -0.2) is 35.0 Å². The van der Waals surface area contributed by atoms with E-state index in [0.29, 0.717) is 0 Å². The number of thioether (sulfide) groups is 1. The van der Waals surface area contributed by atoms with Crippen molar-refractivity contribution in [3.8, 4) is 0 Å². The van der Waals surface area contributed by atoms with Crippen molar-refractivity contribution in [1.29, 1.82) is 0 Å². The molecule has 5 nitrogen and oxygen atoms in total. The van der Waals surface area contributed by atoms with Crippen molar-refractivity contribution in [3.05, 3.63) is 35.4 Å². The molecule has 1 N–H and O–H groups in total. The molecule has 1 aromatic carbocycles.